The molecule has 1 amide bonds. The maximum Gasteiger partial charge on any atom is 0.237 e. The van der Waals surface area contributed by atoms with Crippen LogP contribution in [-0.4, -0.2) is 16.1 Å². The van der Waals surface area contributed by atoms with Gasteiger partial charge < -0.3 is 5.32 Å². The van der Waals surface area contributed by atoms with Gasteiger partial charge in [-0.2, -0.15) is 5.26 Å². The van der Waals surface area contributed by atoms with Crippen molar-refractivity contribution in [2.75, 3.05) is 5.32 Å². The summed E-state index contributed by atoms with van der Waals surface area (Å²) in [6.07, 6.45) is 3.71. The number of nitrogens with one attached hydrogen (secondary N) is 1. The fraction of sp³-hybridized carbons (Fsp3) is 0.350. The second kappa shape index (κ2) is 7.71. The van der Waals surface area contributed by atoms with Gasteiger partial charge in [0.15, 0.2) is 0 Å². The molecular weight excluding hydrogens is 330 g/mol. The van der Waals surface area contributed by atoms with Crippen molar-refractivity contribution < 1.29 is 4.79 Å². The summed E-state index contributed by atoms with van der Waals surface area (Å²) in [5.41, 5.74) is 4.73. The van der Waals surface area contributed by atoms with Crippen molar-refractivity contribution in [3.05, 3.63) is 52.7 Å². The molecule has 1 N–H and O–H groups in total. The Labute approximate surface area is 152 Å². The molecule has 2 aromatic rings. The van der Waals surface area contributed by atoms with E-state index in [4.69, 9.17) is 0 Å². The Morgan fingerprint density at radius 1 is 1.40 bits per heavy atom. The highest BCUT2D eigenvalue weighted by molar-refractivity contribution is 8.00. The Hall–Kier alpha value is -2.32. The largest absolute Gasteiger partial charge is 0.325 e. The van der Waals surface area contributed by atoms with Gasteiger partial charge in [-0.05, 0) is 61.9 Å². The highest BCUT2D eigenvalue weighted by Gasteiger charge is 2.23. The van der Waals surface area contributed by atoms with Crippen LogP contribution in [-0.2, 0) is 17.6 Å². The van der Waals surface area contributed by atoms with E-state index in [2.05, 4.69) is 16.4 Å². The Kier molecular flexibility index (Phi) is 5.40. The first-order valence-corrected chi connectivity index (χ1v) is 9.45. The van der Waals surface area contributed by atoms with Crippen molar-refractivity contribution in [1.29, 1.82) is 5.26 Å². The van der Waals surface area contributed by atoms with Gasteiger partial charge in [0.25, 0.3) is 0 Å². The van der Waals surface area contributed by atoms with Gasteiger partial charge in [0.2, 0.25) is 5.91 Å². The molecule has 3 rings (SSSR count). The number of rotatable bonds is 5. The van der Waals surface area contributed by atoms with Crippen LogP contribution >= 0.6 is 11.8 Å². The Morgan fingerprint density at radius 3 is 2.96 bits per heavy atom. The van der Waals surface area contributed by atoms with Crippen LogP contribution < -0.4 is 5.32 Å². The van der Waals surface area contributed by atoms with Gasteiger partial charge in [-0.25, -0.2) is 4.98 Å². The summed E-state index contributed by atoms with van der Waals surface area (Å²) in [6.45, 7) is 3.97. The summed E-state index contributed by atoms with van der Waals surface area (Å²) in [5.74, 6) is -0.0516. The fourth-order valence-electron chi connectivity index (χ4n) is 3.03. The number of amides is 1. The van der Waals surface area contributed by atoms with E-state index in [1.807, 2.05) is 44.2 Å². The molecule has 25 heavy (non-hydrogen) atoms. The summed E-state index contributed by atoms with van der Waals surface area (Å²) in [6, 6.07) is 11.9. The van der Waals surface area contributed by atoms with E-state index in [1.54, 1.807) is 0 Å². The minimum atomic E-state index is -0.278. The molecule has 1 aromatic carbocycles. The lowest BCUT2D eigenvalue weighted by Crippen LogP contribution is -2.25. The fourth-order valence-corrected chi connectivity index (χ4v) is 4.02. The van der Waals surface area contributed by atoms with Gasteiger partial charge in [-0.1, -0.05) is 30.8 Å². The van der Waals surface area contributed by atoms with Gasteiger partial charge >= 0.3 is 0 Å². The Balaban J connectivity index is 1.78. The number of carbonyl (C=O) groups excluding carboxylic acids is 1. The number of pyridine rings is 1. The second-order valence-corrected chi connectivity index (χ2v) is 7.48. The number of fused-ring (bicyclic) bond motifs is 1. The maximum atomic E-state index is 12.7. The van der Waals surface area contributed by atoms with Gasteiger partial charge in [0.1, 0.15) is 11.1 Å². The highest BCUT2D eigenvalue weighted by Crippen LogP contribution is 2.31. The molecule has 1 heterocycles. The number of anilines is 1. The molecule has 1 atom stereocenters. The summed E-state index contributed by atoms with van der Waals surface area (Å²) >= 11 is 1.39. The summed E-state index contributed by atoms with van der Waals surface area (Å²) < 4.78 is 0. The predicted octanol–water partition coefficient (Wildman–Crippen LogP) is 4.26. The normalized spacial score (nSPS) is 13.8. The standard InChI is InChI=1S/C20H21N3OS/c1-3-18(19(24)22-16-8-4-6-13(2)10-16)25-20-15(12-21)11-14-7-5-9-17(14)23-20/h4,6,8,10-11,18H,3,5,7,9H2,1-2H3,(H,22,24). The third-order valence-electron chi connectivity index (χ3n) is 4.34. The Morgan fingerprint density at radius 2 is 2.24 bits per heavy atom. The van der Waals surface area contributed by atoms with E-state index >= 15 is 0 Å². The average molecular weight is 351 g/mol. The van der Waals surface area contributed by atoms with Crippen molar-refractivity contribution in [3.63, 3.8) is 0 Å². The monoisotopic (exact) mass is 351 g/mol. The molecule has 0 fully saturated rings. The molecule has 1 aromatic heterocycles. The summed E-state index contributed by atoms with van der Waals surface area (Å²) in [5, 5.41) is 12.8. The SMILES string of the molecule is CCC(Sc1nc2c(cc1C#N)CCC2)C(=O)Nc1cccc(C)c1. The zero-order valence-electron chi connectivity index (χ0n) is 14.5. The molecule has 0 saturated heterocycles. The van der Waals surface area contributed by atoms with Crippen molar-refractivity contribution in [1.82, 2.24) is 4.98 Å². The molecule has 1 unspecified atom stereocenters. The Bertz CT molecular complexity index is 841. The summed E-state index contributed by atoms with van der Waals surface area (Å²) in [7, 11) is 0. The minimum absolute atomic E-state index is 0.0516. The van der Waals surface area contributed by atoms with Crippen LogP contribution in [0.3, 0.4) is 0 Å². The van der Waals surface area contributed by atoms with E-state index in [-0.39, 0.29) is 11.2 Å². The lowest BCUT2D eigenvalue weighted by Gasteiger charge is -2.16. The first kappa shape index (κ1) is 17.5. The van der Waals surface area contributed by atoms with E-state index in [0.717, 1.165) is 36.2 Å². The van der Waals surface area contributed by atoms with Gasteiger partial charge in [0, 0.05) is 11.4 Å². The topological polar surface area (TPSA) is 65.8 Å². The van der Waals surface area contributed by atoms with Crippen LogP contribution in [0.2, 0.25) is 0 Å². The number of aromatic nitrogens is 1. The van der Waals surface area contributed by atoms with Crippen LogP contribution in [0.1, 0.15) is 42.1 Å². The third kappa shape index (κ3) is 4.02. The van der Waals surface area contributed by atoms with Crippen LogP contribution in [0.15, 0.2) is 35.4 Å². The molecule has 0 spiro atoms. The van der Waals surface area contributed by atoms with E-state index < -0.39 is 0 Å². The molecule has 5 heteroatoms. The van der Waals surface area contributed by atoms with E-state index in [1.165, 1.54) is 17.3 Å². The highest BCUT2D eigenvalue weighted by atomic mass is 32.2. The number of benzene rings is 1. The van der Waals surface area contributed by atoms with E-state index in [0.29, 0.717) is 17.0 Å². The lowest BCUT2D eigenvalue weighted by molar-refractivity contribution is -0.115. The smallest absolute Gasteiger partial charge is 0.237 e. The van der Waals surface area contributed by atoms with Crippen LogP contribution in [0.25, 0.3) is 0 Å². The number of aryl methyl sites for hydroxylation is 3. The number of carbonyl (C=O) groups is 1. The average Bonchev–Trinajstić information content (AvgIpc) is 3.05. The molecule has 0 bridgehead atoms. The minimum Gasteiger partial charge on any atom is -0.325 e. The van der Waals surface area contributed by atoms with Gasteiger partial charge in [-0.15, -0.1) is 0 Å². The first-order valence-electron chi connectivity index (χ1n) is 8.57. The molecule has 4 nitrogen and oxygen atoms in total. The van der Waals surface area contributed by atoms with Crippen molar-refractivity contribution in [2.45, 2.75) is 49.8 Å². The van der Waals surface area contributed by atoms with Gasteiger partial charge in [0.05, 0.1) is 10.8 Å². The molecule has 1 aliphatic rings. The molecule has 0 aliphatic heterocycles. The third-order valence-corrected chi connectivity index (χ3v) is 5.71. The zero-order valence-corrected chi connectivity index (χ0v) is 15.3. The molecule has 128 valence electrons. The van der Waals surface area contributed by atoms with Crippen molar-refractivity contribution in [2.24, 2.45) is 0 Å². The number of hydrogen-bond acceptors (Lipinski definition) is 4. The number of thioether (sulfide) groups is 1. The van der Waals surface area contributed by atoms with Crippen LogP contribution in [0.5, 0.6) is 0 Å². The zero-order chi connectivity index (χ0) is 17.8. The molecule has 1 aliphatic carbocycles. The molecular formula is C20H21N3OS. The molecule has 0 radical (unpaired) electrons. The number of nitrogens with zero attached hydrogens (tertiary/aromatic N) is 2. The number of hydrogen-bond donors (Lipinski definition) is 1. The van der Waals surface area contributed by atoms with Crippen molar-refractivity contribution in [3.8, 4) is 6.07 Å². The maximum absolute atomic E-state index is 12.7. The van der Waals surface area contributed by atoms with Crippen LogP contribution in [0, 0.1) is 18.3 Å². The summed E-state index contributed by atoms with van der Waals surface area (Å²) in [4.78, 5) is 17.3. The second-order valence-electron chi connectivity index (χ2n) is 6.29. The first-order chi connectivity index (χ1) is 12.1. The van der Waals surface area contributed by atoms with Crippen molar-refractivity contribution >= 4 is 23.4 Å². The van der Waals surface area contributed by atoms with Crippen LogP contribution in [0.4, 0.5) is 5.69 Å². The van der Waals surface area contributed by atoms with E-state index in [9.17, 15) is 10.1 Å². The van der Waals surface area contributed by atoms with Gasteiger partial charge in [-0.3, -0.25) is 4.79 Å². The molecule has 0 saturated carbocycles. The lowest BCUT2D eigenvalue weighted by atomic mass is 10.2. The number of nitriles is 1. The predicted molar refractivity (Wildman–Crippen MR) is 101 cm³/mol. The quantitative estimate of drug-likeness (QED) is 0.818.